The van der Waals surface area contributed by atoms with Gasteiger partial charge in [-0.05, 0) is 19.3 Å². The highest BCUT2D eigenvalue weighted by Gasteiger charge is 2.48. The Hall–Kier alpha value is -0.0500. The molecule has 1 saturated heterocycles. The van der Waals surface area contributed by atoms with Crippen molar-refractivity contribution in [3.8, 4) is 0 Å². The normalized spacial score (nSPS) is 27.4. The maximum atomic E-state index is 11.2. The van der Waals surface area contributed by atoms with Crippen molar-refractivity contribution in [3.05, 3.63) is 0 Å². The first kappa shape index (κ1) is 8.05. The standard InChI is InChI=1S/C7H14O2S/c1-3-7(4-2)5-6-10(7,8)9/h3-6H2,1-2H3. The fraction of sp³-hybridized carbons (Fsp3) is 1.00. The van der Waals surface area contributed by atoms with Gasteiger partial charge >= 0.3 is 0 Å². The first-order chi connectivity index (χ1) is 4.58. The summed E-state index contributed by atoms with van der Waals surface area (Å²) in [5.74, 6) is 0.411. The molecule has 3 heteroatoms. The van der Waals surface area contributed by atoms with Crippen molar-refractivity contribution in [2.24, 2.45) is 0 Å². The number of rotatable bonds is 2. The summed E-state index contributed by atoms with van der Waals surface area (Å²) in [5, 5.41) is 0. The van der Waals surface area contributed by atoms with E-state index in [-0.39, 0.29) is 4.75 Å². The minimum atomic E-state index is -2.68. The van der Waals surface area contributed by atoms with E-state index < -0.39 is 9.84 Å². The van der Waals surface area contributed by atoms with Crippen LogP contribution in [0.5, 0.6) is 0 Å². The summed E-state index contributed by atoms with van der Waals surface area (Å²) < 4.78 is 22.1. The van der Waals surface area contributed by atoms with E-state index in [4.69, 9.17) is 0 Å². The monoisotopic (exact) mass is 162 g/mol. The minimum absolute atomic E-state index is 0.326. The third kappa shape index (κ3) is 0.797. The molecule has 0 aromatic heterocycles. The maximum absolute atomic E-state index is 11.2. The van der Waals surface area contributed by atoms with Crippen LogP contribution in [0.1, 0.15) is 33.1 Å². The van der Waals surface area contributed by atoms with Crippen molar-refractivity contribution in [2.75, 3.05) is 5.75 Å². The van der Waals surface area contributed by atoms with E-state index in [0.717, 1.165) is 19.3 Å². The van der Waals surface area contributed by atoms with Crippen LogP contribution in [-0.4, -0.2) is 18.9 Å². The predicted molar refractivity (Wildman–Crippen MR) is 41.7 cm³/mol. The van der Waals surface area contributed by atoms with Crippen LogP contribution in [0.3, 0.4) is 0 Å². The van der Waals surface area contributed by atoms with Crippen molar-refractivity contribution in [2.45, 2.75) is 37.9 Å². The lowest BCUT2D eigenvalue weighted by molar-refractivity contribution is 0.426. The van der Waals surface area contributed by atoms with Crippen molar-refractivity contribution in [3.63, 3.8) is 0 Å². The Morgan fingerprint density at radius 1 is 1.30 bits per heavy atom. The topological polar surface area (TPSA) is 34.1 Å². The van der Waals surface area contributed by atoms with Crippen molar-refractivity contribution >= 4 is 9.84 Å². The van der Waals surface area contributed by atoms with Crippen LogP contribution in [0.25, 0.3) is 0 Å². The Balaban J connectivity index is 2.88. The fourth-order valence-corrected chi connectivity index (χ4v) is 3.60. The highest BCUT2D eigenvalue weighted by atomic mass is 32.2. The van der Waals surface area contributed by atoms with E-state index in [1.54, 1.807) is 0 Å². The van der Waals surface area contributed by atoms with Crippen LogP contribution in [-0.2, 0) is 9.84 Å². The van der Waals surface area contributed by atoms with Crippen molar-refractivity contribution in [1.29, 1.82) is 0 Å². The quantitative estimate of drug-likeness (QED) is 0.614. The third-order valence-electron chi connectivity index (χ3n) is 2.77. The lowest BCUT2D eigenvalue weighted by Gasteiger charge is -2.39. The van der Waals surface area contributed by atoms with Gasteiger partial charge in [0.15, 0.2) is 9.84 Å². The van der Waals surface area contributed by atoms with Gasteiger partial charge in [0, 0.05) is 0 Å². The highest BCUT2D eigenvalue weighted by Crippen LogP contribution is 2.39. The smallest absolute Gasteiger partial charge is 0.156 e. The van der Waals surface area contributed by atoms with E-state index in [1.807, 2.05) is 13.8 Å². The minimum Gasteiger partial charge on any atom is -0.228 e. The number of sulfone groups is 1. The van der Waals surface area contributed by atoms with Gasteiger partial charge in [-0.25, -0.2) is 8.42 Å². The molecular weight excluding hydrogens is 148 g/mol. The molecule has 1 heterocycles. The summed E-state index contributed by atoms with van der Waals surface area (Å²) >= 11 is 0. The second-order valence-corrected chi connectivity index (χ2v) is 5.46. The molecule has 2 nitrogen and oxygen atoms in total. The second-order valence-electron chi connectivity index (χ2n) is 2.96. The first-order valence-electron chi connectivity index (χ1n) is 3.80. The average molecular weight is 162 g/mol. The molecule has 1 aliphatic rings. The Morgan fingerprint density at radius 2 is 1.80 bits per heavy atom. The van der Waals surface area contributed by atoms with Crippen LogP contribution < -0.4 is 0 Å². The summed E-state index contributed by atoms with van der Waals surface area (Å²) in [6.07, 6.45) is 2.44. The average Bonchev–Trinajstić information content (AvgIpc) is 1.89. The van der Waals surface area contributed by atoms with E-state index in [0.29, 0.717) is 5.75 Å². The molecule has 0 saturated carbocycles. The van der Waals surface area contributed by atoms with Crippen LogP contribution in [0, 0.1) is 0 Å². The van der Waals surface area contributed by atoms with Crippen LogP contribution in [0.4, 0.5) is 0 Å². The molecular formula is C7H14O2S. The number of hydrogen-bond acceptors (Lipinski definition) is 2. The largest absolute Gasteiger partial charge is 0.228 e. The summed E-state index contributed by atoms with van der Waals surface area (Å²) in [7, 11) is -2.68. The SMILES string of the molecule is CCC1(CC)CCS1(=O)=O. The van der Waals surface area contributed by atoms with Crippen LogP contribution in [0.15, 0.2) is 0 Å². The van der Waals surface area contributed by atoms with Gasteiger partial charge in [-0.3, -0.25) is 0 Å². The fourth-order valence-electron chi connectivity index (χ4n) is 1.60. The molecule has 0 spiro atoms. The van der Waals surface area contributed by atoms with Gasteiger partial charge in [0.25, 0.3) is 0 Å². The third-order valence-corrected chi connectivity index (χ3v) is 5.62. The molecule has 10 heavy (non-hydrogen) atoms. The molecule has 0 aromatic rings. The molecule has 60 valence electrons. The van der Waals surface area contributed by atoms with Gasteiger partial charge in [0.1, 0.15) is 0 Å². The molecule has 0 atom stereocenters. The second kappa shape index (κ2) is 2.22. The molecule has 1 rings (SSSR count). The Labute approximate surface area is 62.5 Å². The van der Waals surface area contributed by atoms with E-state index in [9.17, 15) is 8.42 Å². The summed E-state index contributed by atoms with van der Waals surface area (Å²) in [6.45, 7) is 3.92. The van der Waals surface area contributed by atoms with Gasteiger partial charge in [0.05, 0.1) is 10.5 Å². The van der Waals surface area contributed by atoms with Crippen molar-refractivity contribution < 1.29 is 8.42 Å². The zero-order valence-electron chi connectivity index (χ0n) is 6.55. The van der Waals surface area contributed by atoms with E-state index in [1.165, 1.54) is 0 Å². The summed E-state index contributed by atoms with van der Waals surface area (Å²) in [6, 6.07) is 0. The van der Waals surface area contributed by atoms with Crippen LogP contribution >= 0.6 is 0 Å². The van der Waals surface area contributed by atoms with Gasteiger partial charge in [-0.1, -0.05) is 13.8 Å². The van der Waals surface area contributed by atoms with E-state index >= 15 is 0 Å². The van der Waals surface area contributed by atoms with Crippen molar-refractivity contribution in [1.82, 2.24) is 0 Å². The Kier molecular flexibility index (Phi) is 1.79. The van der Waals surface area contributed by atoms with Crippen LogP contribution in [0.2, 0.25) is 0 Å². The molecule has 0 aromatic carbocycles. The lowest BCUT2D eigenvalue weighted by atomic mass is 9.98. The maximum Gasteiger partial charge on any atom is 0.156 e. The molecule has 0 amide bonds. The highest BCUT2D eigenvalue weighted by molar-refractivity contribution is 7.94. The molecule has 0 radical (unpaired) electrons. The summed E-state index contributed by atoms with van der Waals surface area (Å²) in [4.78, 5) is 0. The Morgan fingerprint density at radius 3 is 1.80 bits per heavy atom. The van der Waals surface area contributed by atoms with Gasteiger partial charge in [0.2, 0.25) is 0 Å². The molecule has 0 N–H and O–H groups in total. The molecule has 0 aliphatic carbocycles. The van der Waals surface area contributed by atoms with Gasteiger partial charge in [-0.2, -0.15) is 0 Å². The molecule has 0 bridgehead atoms. The molecule has 1 fully saturated rings. The summed E-state index contributed by atoms with van der Waals surface area (Å²) in [5.41, 5.74) is 0. The van der Waals surface area contributed by atoms with E-state index in [2.05, 4.69) is 0 Å². The van der Waals surface area contributed by atoms with Gasteiger partial charge < -0.3 is 0 Å². The number of hydrogen-bond donors (Lipinski definition) is 0. The first-order valence-corrected chi connectivity index (χ1v) is 5.45. The Bertz CT molecular complexity index is 206. The van der Waals surface area contributed by atoms with Gasteiger partial charge in [-0.15, -0.1) is 0 Å². The molecule has 1 aliphatic heterocycles. The zero-order valence-corrected chi connectivity index (χ0v) is 7.37. The predicted octanol–water partition coefficient (Wildman–Crippen LogP) is 1.36. The lowest BCUT2D eigenvalue weighted by Crippen LogP contribution is -2.49. The zero-order chi connectivity index (χ0) is 7.83. The molecule has 0 unspecified atom stereocenters.